The van der Waals surface area contributed by atoms with Crippen LogP contribution in [0.4, 0.5) is 5.69 Å². The Morgan fingerprint density at radius 3 is 2.65 bits per heavy atom. The van der Waals surface area contributed by atoms with Crippen molar-refractivity contribution in [2.45, 2.75) is 37.5 Å². The lowest BCUT2D eigenvalue weighted by molar-refractivity contribution is -0.438. The van der Waals surface area contributed by atoms with E-state index in [1.54, 1.807) is 6.07 Å². The van der Waals surface area contributed by atoms with Crippen LogP contribution in [0.1, 0.15) is 32.8 Å². The van der Waals surface area contributed by atoms with Gasteiger partial charge in [0.2, 0.25) is 5.69 Å². The van der Waals surface area contributed by atoms with Gasteiger partial charge in [-0.05, 0) is 26.0 Å². The zero-order valence-electron chi connectivity index (χ0n) is 13.4. The molecule has 1 aromatic carbocycles. The second kappa shape index (κ2) is 6.26. The van der Waals surface area contributed by atoms with Gasteiger partial charge in [-0.2, -0.15) is 4.58 Å². The zero-order valence-corrected chi connectivity index (χ0v) is 15.1. The zero-order chi connectivity index (χ0) is 17.4. The molecule has 6 nitrogen and oxygen atoms in total. The van der Waals surface area contributed by atoms with Crippen molar-refractivity contribution in [2.75, 3.05) is 12.3 Å². The van der Waals surface area contributed by atoms with E-state index in [4.69, 9.17) is 11.1 Å². The molecule has 3 N–H and O–H groups in total. The highest BCUT2D eigenvalue weighted by molar-refractivity contribution is 8.13. The summed E-state index contributed by atoms with van der Waals surface area (Å²) in [6, 6.07) is 4.56. The van der Waals surface area contributed by atoms with Gasteiger partial charge in [-0.15, -0.1) is 0 Å². The van der Waals surface area contributed by atoms with E-state index in [0.29, 0.717) is 0 Å². The van der Waals surface area contributed by atoms with Crippen LogP contribution < -0.4 is 5.73 Å². The van der Waals surface area contributed by atoms with Crippen molar-refractivity contribution >= 4 is 38.4 Å². The van der Waals surface area contributed by atoms with E-state index in [9.17, 15) is 13.0 Å². The summed E-state index contributed by atoms with van der Waals surface area (Å²) < 4.78 is 36.0. The minimum Gasteiger partial charge on any atom is -0.744 e. The van der Waals surface area contributed by atoms with Crippen LogP contribution in [0, 0.1) is 5.41 Å². The molecule has 1 aromatic rings. The van der Waals surface area contributed by atoms with Crippen molar-refractivity contribution in [1.82, 2.24) is 0 Å². The fourth-order valence-corrected chi connectivity index (χ4v) is 3.80. The smallest absolute Gasteiger partial charge is 0.209 e. The van der Waals surface area contributed by atoms with E-state index < -0.39 is 10.1 Å². The summed E-state index contributed by atoms with van der Waals surface area (Å²) in [6.45, 7) is 6.81. The maximum absolute atomic E-state index is 11.3. The standard InChI is InChI=1S/C15H21N3O3S2/c1-10-15(2,3)12-9-11(23(19,20)21)5-6-13(12)18(10)7-4-8-22-14(16)17/h5-6,9H,4,7-8H2,1-3H3,(H3-,16,17,19,20,21). The number of nitrogens with two attached hydrogens (primary N) is 1. The monoisotopic (exact) mass is 355 g/mol. The summed E-state index contributed by atoms with van der Waals surface area (Å²) in [7, 11) is -4.46. The van der Waals surface area contributed by atoms with Gasteiger partial charge in [-0.1, -0.05) is 11.8 Å². The van der Waals surface area contributed by atoms with Crippen LogP contribution in [0.15, 0.2) is 23.1 Å². The van der Waals surface area contributed by atoms with E-state index in [1.165, 1.54) is 23.9 Å². The van der Waals surface area contributed by atoms with Crippen molar-refractivity contribution in [2.24, 2.45) is 5.73 Å². The van der Waals surface area contributed by atoms with Crippen LogP contribution in [0.5, 0.6) is 0 Å². The predicted octanol–water partition coefficient (Wildman–Crippen LogP) is 2.00. The first-order valence-corrected chi connectivity index (χ1v) is 9.63. The van der Waals surface area contributed by atoms with Gasteiger partial charge in [0.1, 0.15) is 16.7 Å². The van der Waals surface area contributed by atoms with Gasteiger partial charge in [0, 0.05) is 30.7 Å². The Hall–Kier alpha value is -1.38. The van der Waals surface area contributed by atoms with Crippen LogP contribution in [-0.2, 0) is 15.5 Å². The number of fused-ring (bicyclic) bond motifs is 1. The lowest BCUT2D eigenvalue weighted by Gasteiger charge is -2.16. The van der Waals surface area contributed by atoms with Gasteiger partial charge < -0.3 is 10.3 Å². The maximum atomic E-state index is 11.3. The first-order chi connectivity index (χ1) is 10.5. The molecule has 0 aromatic heterocycles. The third-order valence-electron chi connectivity index (χ3n) is 4.31. The van der Waals surface area contributed by atoms with Crippen molar-refractivity contribution in [3.63, 3.8) is 0 Å². The summed E-state index contributed by atoms with van der Waals surface area (Å²) in [5.74, 6) is 0.752. The number of rotatable bonds is 5. The highest BCUT2D eigenvalue weighted by atomic mass is 32.2. The summed E-state index contributed by atoms with van der Waals surface area (Å²) in [4.78, 5) is -0.189. The van der Waals surface area contributed by atoms with E-state index in [0.717, 1.165) is 35.7 Å². The molecule has 0 unspecified atom stereocenters. The van der Waals surface area contributed by atoms with E-state index in [2.05, 4.69) is 4.58 Å². The number of nitrogens with one attached hydrogen (secondary N) is 1. The third kappa shape index (κ3) is 3.59. The molecule has 0 saturated heterocycles. The molecule has 0 amide bonds. The molecule has 0 aliphatic carbocycles. The molecule has 0 bridgehead atoms. The number of hydrogen-bond donors (Lipinski definition) is 2. The fraction of sp³-hybridized carbons (Fsp3) is 0.467. The molecule has 0 saturated carbocycles. The fourth-order valence-electron chi connectivity index (χ4n) is 2.81. The largest absolute Gasteiger partial charge is 0.744 e. The quantitative estimate of drug-likeness (QED) is 0.276. The molecule has 0 fully saturated rings. The molecule has 2 rings (SSSR count). The summed E-state index contributed by atoms with van der Waals surface area (Å²) >= 11 is 1.31. The minimum atomic E-state index is -4.46. The number of amidine groups is 1. The summed E-state index contributed by atoms with van der Waals surface area (Å²) in [6.07, 6.45) is 0.846. The highest BCUT2D eigenvalue weighted by Crippen LogP contribution is 2.40. The molecule has 0 radical (unpaired) electrons. The topological polar surface area (TPSA) is 110 Å². The summed E-state index contributed by atoms with van der Waals surface area (Å²) in [5.41, 5.74) is 7.90. The molecular weight excluding hydrogens is 334 g/mol. The lowest BCUT2D eigenvalue weighted by atomic mass is 9.82. The van der Waals surface area contributed by atoms with Gasteiger partial charge in [0.05, 0.1) is 10.3 Å². The average molecular weight is 355 g/mol. The lowest BCUT2D eigenvalue weighted by Crippen LogP contribution is -2.27. The van der Waals surface area contributed by atoms with Gasteiger partial charge in [-0.3, -0.25) is 5.41 Å². The number of hydrogen-bond acceptors (Lipinski definition) is 5. The Kier molecular flexibility index (Phi) is 4.89. The Bertz CT molecular complexity index is 783. The van der Waals surface area contributed by atoms with Gasteiger partial charge in [-0.25, -0.2) is 8.42 Å². The normalized spacial score (nSPS) is 16.5. The van der Waals surface area contributed by atoms with Crippen LogP contribution >= 0.6 is 11.8 Å². The van der Waals surface area contributed by atoms with Gasteiger partial charge in [0.25, 0.3) is 0 Å². The number of nitrogens with zero attached hydrogens (tertiary/aromatic N) is 1. The third-order valence-corrected chi connectivity index (χ3v) is 5.95. The molecule has 0 spiro atoms. The SMILES string of the molecule is CC1=[N+](CCCSC(=N)N)c2ccc(S(=O)(=O)[O-])cc2C1(C)C. The minimum absolute atomic E-state index is 0.109. The predicted molar refractivity (Wildman–Crippen MR) is 91.9 cm³/mol. The molecule has 126 valence electrons. The Morgan fingerprint density at radius 2 is 2.09 bits per heavy atom. The van der Waals surface area contributed by atoms with E-state index >= 15 is 0 Å². The molecule has 1 aliphatic heterocycles. The molecule has 1 aliphatic rings. The van der Waals surface area contributed by atoms with Crippen molar-refractivity contribution in [3.05, 3.63) is 23.8 Å². The summed E-state index contributed by atoms with van der Waals surface area (Å²) in [5, 5.41) is 7.33. The van der Waals surface area contributed by atoms with Crippen LogP contribution in [0.2, 0.25) is 0 Å². The van der Waals surface area contributed by atoms with Crippen molar-refractivity contribution in [3.8, 4) is 0 Å². The molecule has 0 atom stereocenters. The average Bonchev–Trinajstić information content (AvgIpc) is 2.62. The Balaban J connectivity index is 2.33. The molecular formula is C15H21N3O3S2. The van der Waals surface area contributed by atoms with Crippen LogP contribution in [0.25, 0.3) is 0 Å². The van der Waals surface area contributed by atoms with E-state index in [-0.39, 0.29) is 15.5 Å². The number of thioether (sulfide) groups is 1. The first kappa shape index (κ1) is 18.0. The second-order valence-electron chi connectivity index (χ2n) is 6.06. The molecule has 23 heavy (non-hydrogen) atoms. The van der Waals surface area contributed by atoms with Crippen LogP contribution in [0.3, 0.4) is 0 Å². The number of benzene rings is 1. The van der Waals surface area contributed by atoms with Gasteiger partial charge >= 0.3 is 0 Å². The van der Waals surface area contributed by atoms with E-state index in [1.807, 2.05) is 20.8 Å². The van der Waals surface area contributed by atoms with Crippen molar-refractivity contribution < 1.29 is 17.5 Å². The Labute approximate surface area is 141 Å². The maximum Gasteiger partial charge on any atom is 0.209 e. The molecule has 8 heteroatoms. The van der Waals surface area contributed by atoms with Gasteiger partial charge in [0.15, 0.2) is 10.9 Å². The highest BCUT2D eigenvalue weighted by Gasteiger charge is 2.43. The first-order valence-electron chi connectivity index (χ1n) is 7.24. The van der Waals surface area contributed by atoms with Crippen LogP contribution in [-0.4, -0.2) is 40.7 Å². The molecule has 1 heterocycles. The van der Waals surface area contributed by atoms with Crippen molar-refractivity contribution in [1.29, 1.82) is 5.41 Å². The Morgan fingerprint density at radius 1 is 1.43 bits per heavy atom. The second-order valence-corrected chi connectivity index (χ2v) is 8.58.